The van der Waals surface area contributed by atoms with Crippen LogP contribution in [0.25, 0.3) is 0 Å². The summed E-state index contributed by atoms with van der Waals surface area (Å²) >= 11 is 0. The van der Waals surface area contributed by atoms with Crippen LogP contribution in [0.15, 0.2) is 12.2 Å². The van der Waals surface area contributed by atoms with Gasteiger partial charge in [0.15, 0.2) is 0 Å². The number of aliphatic hydroxyl groups is 1. The first-order valence-electron chi connectivity index (χ1n) is 12.6. The normalized spacial score (nSPS) is 10.2. The number of carbonyl (C=O) groups is 1. The minimum absolute atomic E-state index is 0.250. The maximum absolute atomic E-state index is 10.3. The zero-order chi connectivity index (χ0) is 22.4. The van der Waals surface area contributed by atoms with Gasteiger partial charge in [-0.05, 0) is 39.0 Å². The van der Waals surface area contributed by atoms with Gasteiger partial charge in [0, 0.05) is 13.0 Å². The number of hydrogen-bond acceptors (Lipinski definition) is 2. The van der Waals surface area contributed by atoms with Crippen molar-refractivity contribution in [2.24, 2.45) is 0 Å². The molecule has 0 aliphatic rings. The zero-order valence-electron chi connectivity index (χ0n) is 20.4. The van der Waals surface area contributed by atoms with Crippen LogP contribution >= 0.6 is 0 Å². The molecule has 2 N–H and O–H groups in total. The maximum Gasteiger partial charge on any atom is 0.303 e. The van der Waals surface area contributed by atoms with Gasteiger partial charge >= 0.3 is 5.97 Å². The van der Waals surface area contributed by atoms with E-state index in [4.69, 9.17) is 10.2 Å². The van der Waals surface area contributed by atoms with Crippen LogP contribution in [0, 0.1) is 0 Å². The number of hydrogen-bond donors (Lipinski definition) is 2. The Balaban J connectivity index is -0.000000625. The van der Waals surface area contributed by atoms with E-state index in [2.05, 4.69) is 32.9 Å². The van der Waals surface area contributed by atoms with E-state index in [-0.39, 0.29) is 6.61 Å². The number of aliphatic hydroxyl groups excluding tert-OH is 1. The maximum atomic E-state index is 10.3. The fourth-order valence-corrected chi connectivity index (χ4v) is 2.85. The number of unbranched alkanes of at least 4 members (excludes halogenated alkanes) is 14. The quantitative estimate of drug-likeness (QED) is 0.174. The fraction of sp³-hybridized carbons (Fsp3) is 0.885. The van der Waals surface area contributed by atoms with E-state index < -0.39 is 5.97 Å². The Labute approximate surface area is 183 Å². The van der Waals surface area contributed by atoms with E-state index >= 15 is 0 Å². The second kappa shape index (κ2) is 34.7. The van der Waals surface area contributed by atoms with Crippen LogP contribution in [-0.2, 0) is 4.79 Å². The van der Waals surface area contributed by atoms with Crippen molar-refractivity contribution in [1.82, 2.24) is 0 Å². The summed E-state index contributed by atoms with van der Waals surface area (Å²) in [4.78, 5) is 10.3. The molecule has 0 fully saturated rings. The molecule has 0 aromatic heterocycles. The average Bonchev–Trinajstić information content (AvgIpc) is 2.70. The number of carboxylic acids is 1. The first kappa shape index (κ1) is 32.8. The molecule has 29 heavy (non-hydrogen) atoms. The summed E-state index contributed by atoms with van der Waals surface area (Å²) in [6.45, 7) is 8.65. The van der Waals surface area contributed by atoms with Crippen LogP contribution in [0.2, 0.25) is 0 Å². The van der Waals surface area contributed by atoms with E-state index in [0.717, 1.165) is 12.8 Å². The van der Waals surface area contributed by atoms with Crippen LogP contribution in [0.4, 0.5) is 0 Å². The van der Waals surface area contributed by atoms with E-state index in [1.165, 1.54) is 96.3 Å². The van der Waals surface area contributed by atoms with Crippen molar-refractivity contribution in [2.75, 3.05) is 6.61 Å². The molecule has 0 bridgehead atoms. The molecule has 3 heteroatoms. The molecule has 0 aliphatic heterocycles. The molecule has 0 heterocycles. The van der Waals surface area contributed by atoms with Crippen molar-refractivity contribution in [2.45, 2.75) is 143 Å². The van der Waals surface area contributed by atoms with Gasteiger partial charge in [-0.2, -0.15) is 0 Å². The largest absolute Gasteiger partial charge is 0.481 e. The molecule has 0 unspecified atom stereocenters. The fourth-order valence-electron chi connectivity index (χ4n) is 2.85. The summed E-state index contributed by atoms with van der Waals surface area (Å²) < 4.78 is 0. The monoisotopic (exact) mass is 414 g/mol. The van der Waals surface area contributed by atoms with Crippen molar-refractivity contribution in [1.29, 1.82) is 0 Å². The topological polar surface area (TPSA) is 57.5 Å². The van der Waals surface area contributed by atoms with Gasteiger partial charge in [-0.1, -0.05) is 110 Å². The van der Waals surface area contributed by atoms with Gasteiger partial charge in [0.05, 0.1) is 0 Å². The first-order chi connectivity index (χ1) is 14.1. The van der Waals surface area contributed by atoms with Crippen molar-refractivity contribution in [3.63, 3.8) is 0 Å². The van der Waals surface area contributed by atoms with Crippen LogP contribution < -0.4 is 0 Å². The zero-order valence-corrected chi connectivity index (χ0v) is 20.4. The number of rotatable bonds is 18. The molecule has 0 aliphatic carbocycles. The molecule has 176 valence electrons. The van der Waals surface area contributed by atoms with E-state index in [1.54, 1.807) is 6.92 Å². The Morgan fingerprint density at radius 3 is 1.28 bits per heavy atom. The predicted molar refractivity (Wildman–Crippen MR) is 130 cm³/mol. The Kier molecular flexibility index (Phi) is 39.2. The third-order valence-electron chi connectivity index (χ3n) is 4.61. The van der Waals surface area contributed by atoms with Crippen molar-refractivity contribution in [3.05, 3.63) is 12.2 Å². The molecule has 0 saturated heterocycles. The van der Waals surface area contributed by atoms with Gasteiger partial charge in [0.1, 0.15) is 0 Å². The molecule has 0 rings (SSSR count). The standard InChI is InChI=1S/C18H34O2.C6H14.C2H6O/c1-2-3-4-5-6-7-8-9-10-11-12-13-14-15-16-17-18(19)20;1-3-5-6-4-2;1-2-3/h9-10H,2-8,11-17H2,1H3,(H,19,20);3-6H2,1-2H3;3H,2H2,1H3/b10-9-;;. The minimum Gasteiger partial charge on any atom is -0.481 e. The van der Waals surface area contributed by atoms with Gasteiger partial charge in [-0.3, -0.25) is 4.79 Å². The van der Waals surface area contributed by atoms with Gasteiger partial charge in [0.2, 0.25) is 0 Å². The Hall–Kier alpha value is -0.830. The van der Waals surface area contributed by atoms with Crippen molar-refractivity contribution < 1.29 is 15.0 Å². The van der Waals surface area contributed by atoms with Crippen LogP contribution in [0.3, 0.4) is 0 Å². The lowest BCUT2D eigenvalue weighted by Crippen LogP contribution is -1.93. The Morgan fingerprint density at radius 2 is 0.897 bits per heavy atom. The summed E-state index contributed by atoms with van der Waals surface area (Å²) in [6, 6.07) is 0. The van der Waals surface area contributed by atoms with E-state index in [1.807, 2.05) is 0 Å². The first-order valence-corrected chi connectivity index (χ1v) is 12.6. The van der Waals surface area contributed by atoms with Gasteiger partial charge in [0.25, 0.3) is 0 Å². The van der Waals surface area contributed by atoms with Crippen LogP contribution in [0.5, 0.6) is 0 Å². The van der Waals surface area contributed by atoms with Crippen LogP contribution in [0.1, 0.15) is 143 Å². The third-order valence-corrected chi connectivity index (χ3v) is 4.61. The summed E-state index contributed by atoms with van der Waals surface area (Å²) in [5, 5.41) is 16.1. The molecular weight excluding hydrogens is 360 g/mol. The minimum atomic E-state index is -0.664. The predicted octanol–water partition coefficient (Wildman–Crippen LogP) is 8.69. The number of allylic oxidation sites excluding steroid dienone is 2. The van der Waals surface area contributed by atoms with Crippen molar-refractivity contribution >= 4 is 5.97 Å². The molecule has 0 spiro atoms. The smallest absolute Gasteiger partial charge is 0.303 e. The second-order valence-electron chi connectivity index (χ2n) is 7.75. The summed E-state index contributed by atoms with van der Waals surface area (Å²) in [6.07, 6.45) is 26.8. The highest BCUT2D eigenvalue weighted by Gasteiger charge is 1.95. The Morgan fingerprint density at radius 1 is 0.586 bits per heavy atom. The molecule has 0 radical (unpaired) electrons. The highest BCUT2D eigenvalue weighted by atomic mass is 16.4. The number of carboxylic acid groups (broad SMARTS) is 1. The van der Waals surface area contributed by atoms with Gasteiger partial charge in [-0.25, -0.2) is 0 Å². The second-order valence-corrected chi connectivity index (χ2v) is 7.75. The third kappa shape index (κ3) is 46.8. The molecule has 0 saturated carbocycles. The van der Waals surface area contributed by atoms with E-state index in [0.29, 0.717) is 6.42 Å². The SMILES string of the molecule is CCCCCC.CCCCCCCC/C=C\CCCCCCCC(=O)O.CCO. The molecule has 0 atom stereocenters. The lowest BCUT2D eigenvalue weighted by molar-refractivity contribution is -0.137. The molecule has 0 amide bonds. The highest BCUT2D eigenvalue weighted by molar-refractivity contribution is 5.66. The molecule has 0 aromatic carbocycles. The molecule has 3 nitrogen and oxygen atoms in total. The van der Waals surface area contributed by atoms with Crippen molar-refractivity contribution in [3.8, 4) is 0 Å². The number of aliphatic carboxylic acids is 1. The molecule has 0 aromatic rings. The summed E-state index contributed by atoms with van der Waals surface area (Å²) in [5.74, 6) is -0.664. The van der Waals surface area contributed by atoms with E-state index in [9.17, 15) is 4.79 Å². The lowest BCUT2D eigenvalue weighted by atomic mass is 10.1. The van der Waals surface area contributed by atoms with Gasteiger partial charge < -0.3 is 10.2 Å². The highest BCUT2D eigenvalue weighted by Crippen LogP contribution is 2.09. The van der Waals surface area contributed by atoms with Crippen LogP contribution in [-0.4, -0.2) is 22.8 Å². The Bertz CT molecular complexity index is 296. The van der Waals surface area contributed by atoms with Gasteiger partial charge in [-0.15, -0.1) is 0 Å². The summed E-state index contributed by atoms with van der Waals surface area (Å²) in [5.41, 5.74) is 0. The average molecular weight is 415 g/mol. The lowest BCUT2D eigenvalue weighted by Gasteiger charge is -1.99. The summed E-state index contributed by atoms with van der Waals surface area (Å²) in [7, 11) is 0. The molecular formula is C26H54O3.